The van der Waals surface area contributed by atoms with Crippen molar-refractivity contribution in [3.8, 4) is 55.6 Å². The van der Waals surface area contributed by atoms with E-state index in [9.17, 15) is 0 Å². The largest absolute Gasteiger partial charge is 0.0642 e. The highest BCUT2D eigenvalue weighted by atomic mass is 14.4. The number of hydrogen-bond acceptors (Lipinski definition) is 0. The van der Waals surface area contributed by atoms with Crippen LogP contribution >= 0.6 is 0 Å². The average Bonchev–Trinajstić information content (AvgIpc) is 3.56. The van der Waals surface area contributed by atoms with Gasteiger partial charge in [-0.25, -0.2) is 0 Å². The third kappa shape index (κ3) is 4.93. The Kier molecular flexibility index (Phi) is 7.76. The van der Waals surface area contributed by atoms with Crippen molar-refractivity contribution >= 4 is 43.1 Å². The molecule has 0 N–H and O–H groups in total. The van der Waals surface area contributed by atoms with Gasteiger partial charge >= 0.3 is 0 Å². The van der Waals surface area contributed by atoms with E-state index in [0.717, 1.165) is 12.8 Å². The molecule has 0 saturated carbocycles. The lowest BCUT2D eigenvalue weighted by molar-refractivity contribution is 0.491. The highest BCUT2D eigenvalue weighted by Crippen LogP contribution is 2.56. The van der Waals surface area contributed by atoms with Crippen LogP contribution in [0, 0.1) is 0 Å². The van der Waals surface area contributed by atoms with E-state index in [1.165, 1.54) is 110 Å². The topological polar surface area (TPSA) is 0 Å². The van der Waals surface area contributed by atoms with E-state index in [0.29, 0.717) is 0 Å². The van der Waals surface area contributed by atoms with Crippen molar-refractivity contribution in [1.29, 1.82) is 0 Å². The van der Waals surface area contributed by atoms with Gasteiger partial charge in [-0.3, -0.25) is 0 Å². The zero-order valence-electron chi connectivity index (χ0n) is 32.4. The summed E-state index contributed by atoms with van der Waals surface area (Å²) in [5.41, 5.74) is 15.9. The average molecular weight is 727 g/mol. The summed E-state index contributed by atoms with van der Waals surface area (Å²) in [7, 11) is 0. The second-order valence-corrected chi connectivity index (χ2v) is 15.7. The maximum absolute atomic E-state index is 2.55. The Bertz CT molecular complexity index is 2850. The van der Waals surface area contributed by atoms with Crippen LogP contribution in [0.1, 0.15) is 37.8 Å². The summed E-state index contributed by atoms with van der Waals surface area (Å²) in [6, 6.07) is 72.5. The third-order valence-corrected chi connectivity index (χ3v) is 13.1. The molecule has 0 spiro atoms. The molecule has 0 bridgehead atoms. The Balaban J connectivity index is 1.13. The van der Waals surface area contributed by atoms with E-state index in [-0.39, 0.29) is 5.41 Å². The van der Waals surface area contributed by atoms with Crippen molar-refractivity contribution in [1.82, 2.24) is 0 Å². The van der Waals surface area contributed by atoms with E-state index in [4.69, 9.17) is 0 Å². The number of fused-ring (bicyclic) bond motifs is 7. The molecule has 270 valence electrons. The summed E-state index contributed by atoms with van der Waals surface area (Å²) in [5, 5.41) is 10.4. The highest BCUT2D eigenvalue weighted by Gasteiger charge is 2.41. The molecule has 1 aliphatic rings. The second kappa shape index (κ2) is 13.2. The van der Waals surface area contributed by atoms with Crippen LogP contribution in [0.2, 0.25) is 0 Å². The van der Waals surface area contributed by atoms with E-state index < -0.39 is 0 Å². The molecule has 0 amide bonds. The molecule has 0 aromatic heterocycles. The van der Waals surface area contributed by atoms with Crippen LogP contribution in [0.5, 0.6) is 0 Å². The molecule has 0 fully saturated rings. The summed E-state index contributed by atoms with van der Waals surface area (Å²) in [5.74, 6) is 0. The number of benzene rings is 10. The van der Waals surface area contributed by atoms with E-state index in [2.05, 4.69) is 208 Å². The molecule has 57 heavy (non-hydrogen) atoms. The lowest BCUT2D eigenvalue weighted by Gasteiger charge is -2.30. The van der Waals surface area contributed by atoms with Crippen molar-refractivity contribution in [2.75, 3.05) is 0 Å². The van der Waals surface area contributed by atoms with Gasteiger partial charge in [0, 0.05) is 5.41 Å². The summed E-state index contributed by atoms with van der Waals surface area (Å²) < 4.78 is 0. The maximum Gasteiger partial charge on any atom is 0.0210 e. The Hall–Kier alpha value is -6.76. The van der Waals surface area contributed by atoms with Crippen molar-refractivity contribution in [3.63, 3.8) is 0 Å². The SMILES string of the molecule is CCC1(CC)c2cc(-c3c4ccccc4c(-c4ccccc4)c4ccccc34)ccc2-c2ccc(-c3c4ccccc4c(-c4ccccc4)c4ccccc34)cc21. The quantitative estimate of drug-likeness (QED) is 0.150. The van der Waals surface area contributed by atoms with Crippen molar-refractivity contribution < 1.29 is 0 Å². The smallest absolute Gasteiger partial charge is 0.0210 e. The molecule has 0 nitrogen and oxygen atoms in total. The summed E-state index contributed by atoms with van der Waals surface area (Å²) in [4.78, 5) is 0. The number of hydrogen-bond donors (Lipinski definition) is 0. The lowest BCUT2D eigenvalue weighted by atomic mass is 9.72. The minimum Gasteiger partial charge on any atom is -0.0642 e. The third-order valence-electron chi connectivity index (χ3n) is 13.1. The van der Waals surface area contributed by atoms with E-state index >= 15 is 0 Å². The van der Waals surface area contributed by atoms with Crippen molar-refractivity contribution in [2.24, 2.45) is 0 Å². The minimum atomic E-state index is -0.109. The molecule has 10 aromatic rings. The molecule has 0 saturated heterocycles. The first-order valence-electron chi connectivity index (χ1n) is 20.5. The van der Waals surface area contributed by atoms with Crippen LogP contribution in [0.4, 0.5) is 0 Å². The zero-order chi connectivity index (χ0) is 38.1. The first-order chi connectivity index (χ1) is 28.2. The predicted molar refractivity (Wildman–Crippen MR) is 245 cm³/mol. The van der Waals surface area contributed by atoms with Crippen LogP contribution in [0.15, 0.2) is 194 Å². The van der Waals surface area contributed by atoms with E-state index in [1.54, 1.807) is 0 Å². The first kappa shape index (κ1) is 33.6. The molecule has 0 aliphatic heterocycles. The fourth-order valence-electron chi connectivity index (χ4n) is 10.5. The normalized spacial score (nSPS) is 13.0. The van der Waals surface area contributed by atoms with Gasteiger partial charge in [0.2, 0.25) is 0 Å². The van der Waals surface area contributed by atoms with Crippen molar-refractivity contribution in [3.05, 3.63) is 205 Å². The molecule has 0 atom stereocenters. The van der Waals surface area contributed by atoms with Gasteiger partial charge < -0.3 is 0 Å². The van der Waals surface area contributed by atoms with Gasteiger partial charge in [0.25, 0.3) is 0 Å². The fraction of sp³-hybridized carbons (Fsp3) is 0.0877. The van der Waals surface area contributed by atoms with E-state index in [1.807, 2.05) is 0 Å². The molecule has 1 aliphatic carbocycles. The van der Waals surface area contributed by atoms with Crippen LogP contribution in [-0.2, 0) is 5.41 Å². The molecule has 0 unspecified atom stereocenters. The van der Waals surface area contributed by atoms with Gasteiger partial charge in [-0.1, -0.05) is 196 Å². The van der Waals surface area contributed by atoms with Gasteiger partial charge in [-0.2, -0.15) is 0 Å². The predicted octanol–water partition coefficient (Wildman–Crippen LogP) is 16.1. The Morgan fingerprint density at radius 1 is 0.281 bits per heavy atom. The zero-order valence-corrected chi connectivity index (χ0v) is 32.4. The monoisotopic (exact) mass is 726 g/mol. The minimum absolute atomic E-state index is 0.109. The number of rotatable bonds is 6. The Labute approximate surface area is 334 Å². The fourth-order valence-corrected chi connectivity index (χ4v) is 10.5. The van der Waals surface area contributed by atoms with Crippen molar-refractivity contribution in [2.45, 2.75) is 32.1 Å². The van der Waals surface area contributed by atoms with Crippen LogP contribution in [0.25, 0.3) is 98.7 Å². The first-order valence-corrected chi connectivity index (χ1v) is 20.5. The second-order valence-electron chi connectivity index (χ2n) is 15.7. The van der Waals surface area contributed by atoms with Gasteiger partial charge in [0.15, 0.2) is 0 Å². The molecule has 0 heterocycles. The van der Waals surface area contributed by atoms with Gasteiger partial charge in [-0.05, 0) is 135 Å². The molecule has 0 radical (unpaired) electrons. The molecule has 0 heteroatoms. The Morgan fingerprint density at radius 3 is 0.825 bits per heavy atom. The van der Waals surface area contributed by atoms with Crippen LogP contribution in [0.3, 0.4) is 0 Å². The summed E-state index contributed by atoms with van der Waals surface area (Å²) >= 11 is 0. The molecule has 11 rings (SSSR count). The molecule has 10 aromatic carbocycles. The molecular weight excluding hydrogens is 685 g/mol. The lowest BCUT2D eigenvalue weighted by Crippen LogP contribution is -2.23. The standard InChI is InChI=1S/C57H42/c1-3-57(4-2)51-35-39(55-47-27-15-11-23-43(47)53(37-19-7-5-8-20-37)44-24-12-16-28-48(44)55)31-33-41(51)42-34-32-40(36-52(42)57)56-49-29-17-13-25-45(49)54(38-21-9-6-10-22-38)46-26-14-18-30-50(46)56/h5-36H,3-4H2,1-2H3. The molecular formula is C57H42. The summed E-state index contributed by atoms with van der Waals surface area (Å²) in [6.45, 7) is 4.78. The van der Waals surface area contributed by atoms with Gasteiger partial charge in [-0.15, -0.1) is 0 Å². The Morgan fingerprint density at radius 2 is 0.544 bits per heavy atom. The van der Waals surface area contributed by atoms with Gasteiger partial charge in [0.05, 0.1) is 0 Å². The maximum atomic E-state index is 2.55. The highest BCUT2D eigenvalue weighted by molar-refractivity contribution is 6.23. The summed E-state index contributed by atoms with van der Waals surface area (Å²) in [6.07, 6.45) is 2.05. The van der Waals surface area contributed by atoms with Gasteiger partial charge in [0.1, 0.15) is 0 Å². The van der Waals surface area contributed by atoms with Crippen LogP contribution < -0.4 is 0 Å². The van der Waals surface area contributed by atoms with Crippen LogP contribution in [-0.4, -0.2) is 0 Å².